The number of methoxy groups -OCH3 is 1. The lowest BCUT2D eigenvalue weighted by atomic mass is 10.1. The standard InChI is InChI=1S/C16H23NO3/c1-19-16(18)15(17)10-12-6-8-14(9-7-12)20-11-13-4-2-3-5-13/h6-9,13,15H,2-5,10-11,17H2,1H3. The highest BCUT2D eigenvalue weighted by Crippen LogP contribution is 2.25. The molecular formula is C16H23NO3. The fraction of sp³-hybridized carbons (Fsp3) is 0.562. The number of hydrogen-bond donors (Lipinski definition) is 1. The Morgan fingerprint density at radius 3 is 2.55 bits per heavy atom. The molecular weight excluding hydrogens is 254 g/mol. The van der Waals surface area contributed by atoms with E-state index in [4.69, 9.17) is 10.5 Å². The van der Waals surface area contributed by atoms with E-state index in [1.807, 2.05) is 24.3 Å². The second-order valence-electron chi connectivity index (χ2n) is 5.44. The van der Waals surface area contributed by atoms with E-state index in [9.17, 15) is 4.79 Å². The molecule has 1 aliphatic rings. The van der Waals surface area contributed by atoms with Gasteiger partial charge in [-0.1, -0.05) is 25.0 Å². The van der Waals surface area contributed by atoms with E-state index >= 15 is 0 Å². The molecule has 1 atom stereocenters. The molecule has 1 aromatic rings. The fourth-order valence-corrected chi connectivity index (χ4v) is 2.60. The monoisotopic (exact) mass is 277 g/mol. The quantitative estimate of drug-likeness (QED) is 0.810. The van der Waals surface area contributed by atoms with E-state index in [1.165, 1.54) is 32.8 Å². The van der Waals surface area contributed by atoms with Gasteiger partial charge in [-0.05, 0) is 42.9 Å². The van der Waals surface area contributed by atoms with E-state index in [-0.39, 0.29) is 5.97 Å². The zero-order valence-corrected chi connectivity index (χ0v) is 12.0. The number of hydrogen-bond acceptors (Lipinski definition) is 4. The van der Waals surface area contributed by atoms with Gasteiger partial charge in [0, 0.05) is 0 Å². The van der Waals surface area contributed by atoms with E-state index in [2.05, 4.69) is 4.74 Å². The van der Waals surface area contributed by atoms with Gasteiger partial charge in [0.1, 0.15) is 11.8 Å². The Labute approximate surface area is 120 Å². The molecule has 2 rings (SSSR count). The molecule has 0 radical (unpaired) electrons. The van der Waals surface area contributed by atoms with E-state index in [0.29, 0.717) is 12.3 Å². The first-order valence-electron chi connectivity index (χ1n) is 7.24. The van der Waals surface area contributed by atoms with Crippen LogP contribution < -0.4 is 10.5 Å². The second kappa shape index (κ2) is 7.29. The van der Waals surface area contributed by atoms with Crippen molar-refractivity contribution in [1.29, 1.82) is 0 Å². The summed E-state index contributed by atoms with van der Waals surface area (Å²) in [6, 6.07) is 7.17. The van der Waals surface area contributed by atoms with Gasteiger partial charge in [-0.15, -0.1) is 0 Å². The Morgan fingerprint density at radius 2 is 1.95 bits per heavy atom. The third kappa shape index (κ3) is 4.23. The van der Waals surface area contributed by atoms with Gasteiger partial charge in [0.15, 0.2) is 0 Å². The summed E-state index contributed by atoms with van der Waals surface area (Å²) in [6.07, 6.45) is 5.71. The van der Waals surface area contributed by atoms with Crippen LogP contribution in [0, 0.1) is 5.92 Å². The van der Waals surface area contributed by atoms with Gasteiger partial charge in [0.05, 0.1) is 13.7 Å². The number of rotatable bonds is 6. The molecule has 0 bridgehead atoms. The molecule has 20 heavy (non-hydrogen) atoms. The van der Waals surface area contributed by atoms with Gasteiger partial charge in [-0.2, -0.15) is 0 Å². The SMILES string of the molecule is COC(=O)C(N)Cc1ccc(OCC2CCCC2)cc1. The normalized spacial score (nSPS) is 16.9. The number of ether oxygens (including phenoxy) is 2. The minimum Gasteiger partial charge on any atom is -0.493 e. The van der Waals surface area contributed by atoms with Crippen LogP contribution >= 0.6 is 0 Å². The Kier molecular flexibility index (Phi) is 5.41. The molecule has 0 heterocycles. The molecule has 4 heteroatoms. The van der Waals surface area contributed by atoms with Crippen molar-refractivity contribution in [3.8, 4) is 5.75 Å². The van der Waals surface area contributed by atoms with Gasteiger partial charge in [-0.25, -0.2) is 0 Å². The summed E-state index contributed by atoms with van der Waals surface area (Å²) < 4.78 is 10.4. The first kappa shape index (κ1) is 14.9. The molecule has 1 fully saturated rings. The summed E-state index contributed by atoms with van der Waals surface area (Å²) in [6.45, 7) is 0.807. The van der Waals surface area contributed by atoms with Gasteiger partial charge < -0.3 is 15.2 Å². The van der Waals surface area contributed by atoms with Crippen molar-refractivity contribution in [3.05, 3.63) is 29.8 Å². The summed E-state index contributed by atoms with van der Waals surface area (Å²) in [5, 5.41) is 0. The van der Waals surface area contributed by atoms with Crippen LogP contribution in [0.5, 0.6) is 5.75 Å². The van der Waals surface area contributed by atoms with Crippen LogP contribution in [0.3, 0.4) is 0 Å². The first-order valence-corrected chi connectivity index (χ1v) is 7.24. The van der Waals surface area contributed by atoms with Crippen LogP contribution in [0.1, 0.15) is 31.2 Å². The Morgan fingerprint density at radius 1 is 1.30 bits per heavy atom. The lowest BCUT2D eigenvalue weighted by Gasteiger charge is -2.12. The van der Waals surface area contributed by atoms with Crippen molar-refractivity contribution in [2.75, 3.05) is 13.7 Å². The molecule has 1 saturated carbocycles. The zero-order valence-electron chi connectivity index (χ0n) is 12.0. The molecule has 2 N–H and O–H groups in total. The summed E-state index contributed by atoms with van der Waals surface area (Å²) in [5.41, 5.74) is 6.74. The van der Waals surface area contributed by atoms with Crippen LogP contribution in [-0.4, -0.2) is 25.7 Å². The predicted octanol–water partition coefficient (Wildman–Crippen LogP) is 2.30. The lowest BCUT2D eigenvalue weighted by molar-refractivity contribution is -0.142. The summed E-state index contributed by atoms with van der Waals surface area (Å²) >= 11 is 0. The number of esters is 1. The van der Waals surface area contributed by atoms with Crippen LogP contribution in [0.25, 0.3) is 0 Å². The van der Waals surface area contributed by atoms with Gasteiger partial charge in [0.25, 0.3) is 0 Å². The highest BCUT2D eigenvalue weighted by atomic mass is 16.5. The van der Waals surface area contributed by atoms with Crippen LogP contribution in [0.4, 0.5) is 0 Å². The number of carbonyl (C=O) groups is 1. The molecule has 1 aliphatic carbocycles. The van der Waals surface area contributed by atoms with Crippen molar-refractivity contribution in [1.82, 2.24) is 0 Å². The third-order valence-corrected chi connectivity index (χ3v) is 3.84. The van der Waals surface area contributed by atoms with Gasteiger partial charge >= 0.3 is 5.97 Å². The highest BCUT2D eigenvalue weighted by molar-refractivity contribution is 5.75. The molecule has 4 nitrogen and oxygen atoms in total. The van der Waals surface area contributed by atoms with Crippen molar-refractivity contribution in [2.45, 2.75) is 38.1 Å². The molecule has 0 saturated heterocycles. The van der Waals surface area contributed by atoms with Gasteiger partial charge in [0.2, 0.25) is 0 Å². The summed E-state index contributed by atoms with van der Waals surface area (Å²) in [7, 11) is 1.35. The second-order valence-corrected chi connectivity index (χ2v) is 5.44. The molecule has 0 spiro atoms. The van der Waals surface area contributed by atoms with Crippen LogP contribution in [0.2, 0.25) is 0 Å². The number of nitrogens with two attached hydrogens (primary N) is 1. The average Bonchev–Trinajstić information content (AvgIpc) is 2.99. The zero-order chi connectivity index (χ0) is 14.4. The van der Waals surface area contributed by atoms with Crippen molar-refractivity contribution in [2.24, 2.45) is 11.7 Å². The topological polar surface area (TPSA) is 61.5 Å². The Balaban J connectivity index is 1.81. The van der Waals surface area contributed by atoms with E-state index < -0.39 is 6.04 Å². The molecule has 1 aromatic carbocycles. The van der Waals surface area contributed by atoms with Crippen molar-refractivity contribution < 1.29 is 14.3 Å². The third-order valence-electron chi connectivity index (χ3n) is 3.84. The molecule has 0 amide bonds. The number of carbonyl (C=O) groups excluding carboxylic acids is 1. The first-order chi connectivity index (χ1) is 9.69. The van der Waals surface area contributed by atoms with Crippen molar-refractivity contribution >= 4 is 5.97 Å². The largest absolute Gasteiger partial charge is 0.493 e. The Bertz CT molecular complexity index is 424. The minimum atomic E-state index is -0.606. The maximum atomic E-state index is 11.3. The molecule has 0 aliphatic heterocycles. The smallest absolute Gasteiger partial charge is 0.322 e. The Hall–Kier alpha value is -1.55. The van der Waals surface area contributed by atoms with Gasteiger partial charge in [-0.3, -0.25) is 4.79 Å². The molecule has 1 unspecified atom stereocenters. The predicted molar refractivity (Wildman–Crippen MR) is 77.6 cm³/mol. The van der Waals surface area contributed by atoms with Crippen LogP contribution in [-0.2, 0) is 16.0 Å². The summed E-state index contributed by atoms with van der Waals surface area (Å²) in [5.74, 6) is 1.21. The summed E-state index contributed by atoms with van der Waals surface area (Å²) in [4.78, 5) is 11.3. The van der Waals surface area contributed by atoms with E-state index in [1.54, 1.807) is 0 Å². The average molecular weight is 277 g/mol. The fourth-order valence-electron chi connectivity index (χ4n) is 2.60. The van der Waals surface area contributed by atoms with E-state index in [0.717, 1.165) is 17.9 Å². The number of benzene rings is 1. The maximum Gasteiger partial charge on any atom is 0.322 e. The highest BCUT2D eigenvalue weighted by Gasteiger charge is 2.16. The molecule has 0 aromatic heterocycles. The molecule has 110 valence electrons. The van der Waals surface area contributed by atoms with Crippen LogP contribution in [0.15, 0.2) is 24.3 Å². The minimum absolute atomic E-state index is 0.383. The van der Waals surface area contributed by atoms with Crippen molar-refractivity contribution in [3.63, 3.8) is 0 Å². The maximum absolute atomic E-state index is 11.3. The lowest BCUT2D eigenvalue weighted by Crippen LogP contribution is -2.33.